The number of fused-ring (bicyclic) bond motifs is 1. The number of halogens is 1. The Hall–Kier alpha value is -3.72. The van der Waals surface area contributed by atoms with Crippen LogP contribution in [-0.2, 0) is 4.74 Å². The zero-order valence-electron chi connectivity index (χ0n) is 16.0. The molecule has 0 saturated heterocycles. The molecule has 9 heteroatoms. The lowest BCUT2D eigenvalue weighted by Gasteiger charge is -2.09. The van der Waals surface area contributed by atoms with Crippen LogP contribution in [0.1, 0.15) is 25.7 Å². The number of thiophene rings is 1. The number of aromatic nitrogens is 2. The Morgan fingerprint density at radius 1 is 1.20 bits per heavy atom. The molecule has 2 heterocycles. The monoisotopic (exact) mass is 425 g/mol. The summed E-state index contributed by atoms with van der Waals surface area (Å²) in [7, 11) is 1.21. The Balaban J connectivity index is 1.68. The third kappa shape index (κ3) is 3.39. The normalized spacial score (nSPS) is 10.9. The summed E-state index contributed by atoms with van der Waals surface area (Å²) in [5.41, 5.74) is 1.44. The second kappa shape index (κ2) is 7.60. The van der Waals surface area contributed by atoms with E-state index in [-0.39, 0.29) is 22.8 Å². The number of aromatic hydroxyl groups is 1. The number of nitrogens with one attached hydrogen (secondary N) is 1. The first kappa shape index (κ1) is 19.6. The van der Waals surface area contributed by atoms with E-state index in [2.05, 4.69) is 15.2 Å². The summed E-state index contributed by atoms with van der Waals surface area (Å²) >= 11 is 1.21. The van der Waals surface area contributed by atoms with Crippen molar-refractivity contribution >= 4 is 39.1 Å². The quantitative estimate of drug-likeness (QED) is 0.376. The van der Waals surface area contributed by atoms with Crippen molar-refractivity contribution in [1.29, 1.82) is 0 Å². The lowest BCUT2D eigenvalue weighted by Crippen LogP contribution is -2.11. The highest BCUT2D eigenvalue weighted by atomic mass is 32.1. The predicted octanol–water partition coefficient (Wildman–Crippen LogP) is 4.28. The van der Waals surface area contributed by atoms with E-state index in [1.165, 1.54) is 48.8 Å². The number of benzene rings is 2. The molecule has 0 unspecified atom stereocenters. The van der Waals surface area contributed by atoms with Crippen LogP contribution >= 0.6 is 11.3 Å². The summed E-state index contributed by atoms with van der Waals surface area (Å²) in [6.07, 6.45) is 0. The molecule has 0 saturated carbocycles. The molecule has 0 aliphatic rings. The largest absolute Gasteiger partial charge is 0.505 e. The fraction of sp³-hybridized carbons (Fsp3) is 0.0952. The molecule has 4 aromatic rings. The average molecular weight is 425 g/mol. The molecule has 0 radical (unpaired) electrons. The smallest absolute Gasteiger partial charge is 0.341 e. The van der Waals surface area contributed by atoms with Gasteiger partial charge in [0.15, 0.2) is 5.75 Å². The second-order valence-corrected chi connectivity index (χ2v) is 7.48. The molecule has 2 N–H and O–H groups in total. The van der Waals surface area contributed by atoms with Gasteiger partial charge in [0, 0.05) is 5.39 Å². The zero-order chi connectivity index (χ0) is 21.4. The van der Waals surface area contributed by atoms with E-state index >= 15 is 0 Å². The van der Waals surface area contributed by atoms with Crippen molar-refractivity contribution in [2.75, 3.05) is 12.4 Å². The molecule has 152 valence electrons. The predicted molar refractivity (Wildman–Crippen MR) is 111 cm³/mol. The van der Waals surface area contributed by atoms with Crippen molar-refractivity contribution in [3.8, 4) is 11.4 Å². The fourth-order valence-corrected chi connectivity index (χ4v) is 4.10. The molecule has 1 amide bonds. The number of esters is 1. The average Bonchev–Trinajstić information content (AvgIpc) is 3.30. The number of methoxy groups -OCH3 is 1. The number of amides is 1. The van der Waals surface area contributed by atoms with Crippen molar-refractivity contribution in [3.63, 3.8) is 0 Å². The molecule has 2 aromatic heterocycles. The molecule has 0 fully saturated rings. The maximum Gasteiger partial charge on any atom is 0.341 e. The van der Waals surface area contributed by atoms with E-state index in [0.717, 1.165) is 15.9 Å². The van der Waals surface area contributed by atoms with Gasteiger partial charge in [-0.1, -0.05) is 6.07 Å². The molecule has 0 aliphatic carbocycles. The van der Waals surface area contributed by atoms with Crippen LogP contribution in [0, 0.1) is 12.7 Å². The molecule has 4 rings (SSSR count). The summed E-state index contributed by atoms with van der Waals surface area (Å²) in [5, 5.41) is 18.2. The van der Waals surface area contributed by atoms with Crippen molar-refractivity contribution in [2.45, 2.75) is 6.92 Å². The summed E-state index contributed by atoms with van der Waals surface area (Å²) in [5.74, 6) is -1.87. The van der Waals surface area contributed by atoms with E-state index in [1.807, 2.05) is 6.92 Å². The molecule has 0 atom stereocenters. The molecule has 0 spiro atoms. The summed E-state index contributed by atoms with van der Waals surface area (Å²) in [6, 6.07) is 12.0. The van der Waals surface area contributed by atoms with Crippen molar-refractivity contribution in [2.24, 2.45) is 0 Å². The number of para-hydroxylation sites is 1. The van der Waals surface area contributed by atoms with E-state index in [4.69, 9.17) is 0 Å². The van der Waals surface area contributed by atoms with Gasteiger partial charge in [0.05, 0.1) is 29.1 Å². The van der Waals surface area contributed by atoms with Crippen LogP contribution in [0.25, 0.3) is 15.9 Å². The van der Waals surface area contributed by atoms with Gasteiger partial charge in [0.1, 0.15) is 16.2 Å². The first-order valence-corrected chi connectivity index (χ1v) is 9.67. The number of rotatable bonds is 4. The molecule has 0 aliphatic heterocycles. The number of hydrogen-bond acceptors (Lipinski definition) is 6. The lowest BCUT2D eigenvalue weighted by molar-refractivity contribution is 0.0597. The van der Waals surface area contributed by atoms with Gasteiger partial charge in [-0.25, -0.2) is 13.9 Å². The molecule has 2 aromatic carbocycles. The van der Waals surface area contributed by atoms with Gasteiger partial charge in [0.2, 0.25) is 0 Å². The standard InChI is InChI=1S/C21H16FN3O4S/c1-11-15-10-17(30-20(15)25(24-11)13-8-6-12(22)7-9-13)19(27)23-16-5-3-4-14(18(16)26)21(28)29-2/h3-10,26H,1-2H3,(H,23,27). The molecule has 30 heavy (non-hydrogen) atoms. The van der Waals surface area contributed by atoms with Crippen LogP contribution in [0.15, 0.2) is 48.5 Å². The summed E-state index contributed by atoms with van der Waals surface area (Å²) in [4.78, 5) is 25.6. The van der Waals surface area contributed by atoms with Crippen LogP contribution in [0.2, 0.25) is 0 Å². The number of nitrogens with zero attached hydrogens (tertiary/aromatic N) is 2. The number of carbonyl (C=O) groups is 2. The molecular weight excluding hydrogens is 409 g/mol. The lowest BCUT2D eigenvalue weighted by atomic mass is 10.1. The van der Waals surface area contributed by atoms with Crippen LogP contribution < -0.4 is 5.32 Å². The number of aryl methyl sites for hydroxylation is 1. The number of phenolic OH excluding ortho intramolecular Hbond substituents is 1. The van der Waals surface area contributed by atoms with Crippen molar-refractivity contribution in [3.05, 3.63) is 70.5 Å². The number of carbonyl (C=O) groups excluding carboxylic acids is 2. The zero-order valence-corrected chi connectivity index (χ0v) is 16.8. The minimum absolute atomic E-state index is 0.0468. The number of ether oxygens (including phenoxy) is 1. The minimum atomic E-state index is -0.708. The highest BCUT2D eigenvalue weighted by Gasteiger charge is 2.20. The van der Waals surface area contributed by atoms with Gasteiger partial charge < -0.3 is 15.2 Å². The van der Waals surface area contributed by atoms with Gasteiger partial charge in [-0.2, -0.15) is 5.10 Å². The first-order chi connectivity index (χ1) is 14.4. The molecular formula is C21H16FN3O4S. The Morgan fingerprint density at radius 3 is 2.63 bits per heavy atom. The van der Waals surface area contributed by atoms with Crippen molar-refractivity contribution < 1.29 is 23.8 Å². The SMILES string of the molecule is COC(=O)c1cccc(NC(=O)c2cc3c(C)nn(-c4ccc(F)cc4)c3s2)c1O. The Morgan fingerprint density at radius 2 is 1.93 bits per heavy atom. The third-order valence-electron chi connectivity index (χ3n) is 4.53. The number of phenols is 1. The van der Waals surface area contributed by atoms with Crippen LogP contribution in [0.5, 0.6) is 5.75 Å². The Kier molecular flexibility index (Phi) is 4.96. The van der Waals surface area contributed by atoms with Gasteiger partial charge in [0.25, 0.3) is 5.91 Å². The maximum absolute atomic E-state index is 13.2. The molecule has 0 bridgehead atoms. The van der Waals surface area contributed by atoms with E-state index < -0.39 is 11.9 Å². The van der Waals surface area contributed by atoms with Gasteiger partial charge in [-0.05, 0) is 49.4 Å². The summed E-state index contributed by atoms with van der Waals surface area (Å²) < 4.78 is 19.5. The van der Waals surface area contributed by atoms with Crippen LogP contribution in [0.4, 0.5) is 10.1 Å². The Bertz CT molecular complexity index is 1280. The minimum Gasteiger partial charge on any atom is -0.505 e. The Labute approximate surface area is 174 Å². The van der Waals surface area contributed by atoms with Gasteiger partial charge in [-0.3, -0.25) is 4.79 Å². The van der Waals surface area contributed by atoms with Gasteiger partial charge in [-0.15, -0.1) is 11.3 Å². The topological polar surface area (TPSA) is 93.5 Å². The number of anilines is 1. The van der Waals surface area contributed by atoms with Gasteiger partial charge >= 0.3 is 5.97 Å². The molecule has 7 nitrogen and oxygen atoms in total. The van der Waals surface area contributed by atoms with Crippen molar-refractivity contribution in [1.82, 2.24) is 9.78 Å². The van der Waals surface area contributed by atoms with E-state index in [9.17, 15) is 19.1 Å². The van der Waals surface area contributed by atoms with E-state index in [1.54, 1.807) is 22.9 Å². The summed E-state index contributed by atoms with van der Waals surface area (Å²) in [6.45, 7) is 1.82. The highest BCUT2D eigenvalue weighted by Crippen LogP contribution is 2.33. The first-order valence-electron chi connectivity index (χ1n) is 8.86. The third-order valence-corrected chi connectivity index (χ3v) is 5.64. The van der Waals surface area contributed by atoms with E-state index in [0.29, 0.717) is 10.6 Å². The maximum atomic E-state index is 13.2. The van der Waals surface area contributed by atoms with Crippen LogP contribution in [0.3, 0.4) is 0 Å². The second-order valence-electron chi connectivity index (χ2n) is 6.45. The fourth-order valence-electron chi connectivity index (χ4n) is 3.02. The highest BCUT2D eigenvalue weighted by molar-refractivity contribution is 7.20. The van der Waals surface area contributed by atoms with Crippen LogP contribution in [-0.4, -0.2) is 33.9 Å². The number of hydrogen-bond donors (Lipinski definition) is 2.